The van der Waals surface area contributed by atoms with Crippen LogP contribution in [0.5, 0.6) is 0 Å². The van der Waals surface area contributed by atoms with Crippen LogP contribution in [0.1, 0.15) is 25.0 Å². The Morgan fingerprint density at radius 3 is 1.29 bits per heavy atom. The molecule has 148 valence electrons. The summed E-state index contributed by atoms with van der Waals surface area (Å²) in [5.41, 5.74) is 10.4. The van der Waals surface area contributed by atoms with E-state index < -0.39 is 6.03 Å². The molecule has 0 heterocycles. The number of rotatable bonds is 6. The molecule has 0 aliphatic rings. The van der Waals surface area contributed by atoms with Gasteiger partial charge in [0.2, 0.25) is 0 Å². The summed E-state index contributed by atoms with van der Waals surface area (Å²) in [5.74, 6) is 0. The molecular weight excluding hydrogens is 352 g/mol. The van der Waals surface area contributed by atoms with Crippen molar-refractivity contribution in [2.75, 3.05) is 38.0 Å². The van der Waals surface area contributed by atoms with Crippen LogP contribution in [0.2, 0.25) is 0 Å². The average Bonchev–Trinajstić information content (AvgIpc) is 2.70. The lowest BCUT2D eigenvalue weighted by Gasteiger charge is -2.12. The molecule has 0 spiro atoms. The number of nitrogens with zero attached hydrogens (tertiary/aromatic N) is 4. The molecule has 0 aliphatic carbocycles. The van der Waals surface area contributed by atoms with Crippen molar-refractivity contribution in [1.82, 2.24) is 10.9 Å². The monoisotopic (exact) mass is 380 g/mol. The summed E-state index contributed by atoms with van der Waals surface area (Å²) < 4.78 is 0. The minimum atomic E-state index is -0.492. The third-order valence-corrected chi connectivity index (χ3v) is 4.25. The van der Waals surface area contributed by atoms with E-state index in [1.807, 2.05) is 100 Å². The molecule has 2 aromatic rings. The summed E-state index contributed by atoms with van der Waals surface area (Å²) in [6, 6.07) is 15.4. The quantitative estimate of drug-likeness (QED) is 0.597. The topological polar surface area (TPSA) is 72.3 Å². The SMILES string of the molecule is C/C(=N\NC(=O)N/N=C(\C)c1ccc(N(C)C)cc1)c1ccc(N(C)C)cc1. The lowest BCUT2D eigenvalue weighted by atomic mass is 10.1. The maximum Gasteiger partial charge on any atom is 0.355 e. The Bertz CT molecular complexity index is 780. The van der Waals surface area contributed by atoms with Gasteiger partial charge in [0.05, 0.1) is 11.4 Å². The highest BCUT2D eigenvalue weighted by atomic mass is 16.2. The number of nitrogens with one attached hydrogen (secondary N) is 2. The van der Waals surface area contributed by atoms with Crippen LogP contribution in [-0.4, -0.2) is 45.6 Å². The highest BCUT2D eigenvalue weighted by molar-refractivity contribution is 6.00. The molecule has 0 atom stereocenters. The van der Waals surface area contributed by atoms with Crippen LogP contribution in [0.3, 0.4) is 0 Å². The van der Waals surface area contributed by atoms with Gasteiger partial charge in [-0.05, 0) is 49.2 Å². The molecule has 0 bridgehead atoms. The Hall–Kier alpha value is -3.35. The Balaban J connectivity index is 1.93. The molecule has 0 aromatic heterocycles. The van der Waals surface area contributed by atoms with E-state index in [4.69, 9.17) is 0 Å². The van der Waals surface area contributed by atoms with Crippen molar-refractivity contribution >= 4 is 28.8 Å². The first-order valence-corrected chi connectivity index (χ1v) is 8.98. The summed E-state index contributed by atoms with van der Waals surface area (Å²) in [7, 11) is 7.95. The predicted molar refractivity (Wildman–Crippen MR) is 118 cm³/mol. The molecule has 7 nitrogen and oxygen atoms in total. The molecular formula is C21H28N6O. The van der Waals surface area contributed by atoms with Gasteiger partial charge in [0.15, 0.2) is 0 Å². The Kier molecular flexibility index (Phi) is 7.14. The second kappa shape index (κ2) is 9.55. The van der Waals surface area contributed by atoms with Gasteiger partial charge in [-0.25, -0.2) is 15.6 Å². The molecule has 0 radical (unpaired) electrons. The van der Waals surface area contributed by atoms with Crippen LogP contribution in [0.25, 0.3) is 0 Å². The normalized spacial score (nSPS) is 11.8. The minimum Gasteiger partial charge on any atom is -0.378 e. The van der Waals surface area contributed by atoms with Gasteiger partial charge in [-0.3, -0.25) is 0 Å². The number of carbonyl (C=O) groups is 1. The Morgan fingerprint density at radius 1 is 0.679 bits per heavy atom. The zero-order chi connectivity index (χ0) is 20.7. The first-order chi connectivity index (χ1) is 13.3. The van der Waals surface area contributed by atoms with Crippen molar-refractivity contribution in [3.05, 3.63) is 59.7 Å². The first kappa shape index (κ1) is 21.0. The van der Waals surface area contributed by atoms with Crippen molar-refractivity contribution in [2.45, 2.75) is 13.8 Å². The Labute approximate surface area is 166 Å². The summed E-state index contributed by atoms with van der Waals surface area (Å²) in [6.45, 7) is 3.68. The van der Waals surface area contributed by atoms with Crippen molar-refractivity contribution in [3.63, 3.8) is 0 Å². The van der Waals surface area contributed by atoms with Crippen molar-refractivity contribution in [3.8, 4) is 0 Å². The molecule has 7 heteroatoms. The van der Waals surface area contributed by atoms with Crippen molar-refractivity contribution in [2.24, 2.45) is 10.2 Å². The Morgan fingerprint density at radius 2 is 1.00 bits per heavy atom. The van der Waals surface area contributed by atoms with Gasteiger partial charge in [-0.15, -0.1) is 0 Å². The molecule has 2 N–H and O–H groups in total. The maximum absolute atomic E-state index is 12.0. The van der Waals surface area contributed by atoms with Crippen LogP contribution in [0, 0.1) is 0 Å². The van der Waals surface area contributed by atoms with Gasteiger partial charge in [0.1, 0.15) is 0 Å². The van der Waals surface area contributed by atoms with Crippen LogP contribution >= 0.6 is 0 Å². The third-order valence-electron chi connectivity index (χ3n) is 4.25. The molecule has 2 aromatic carbocycles. The lowest BCUT2D eigenvalue weighted by Crippen LogP contribution is -2.30. The summed E-state index contributed by atoms with van der Waals surface area (Å²) in [5, 5.41) is 8.23. The van der Waals surface area contributed by atoms with Gasteiger partial charge in [0.25, 0.3) is 0 Å². The molecule has 0 saturated heterocycles. The summed E-state index contributed by atoms with van der Waals surface area (Å²) >= 11 is 0. The third kappa shape index (κ3) is 5.84. The van der Waals surface area contributed by atoms with Crippen molar-refractivity contribution < 1.29 is 4.79 Å². The van der Waals surface area contributed by atoms with E-state index in [2.05, 4.69) is 21.1 Å². The number of anilines is 2. The fourth-order valence-corrected chi connectivity index (χ4v) is 2.42. The molecule has 0 fully saturated rings. The van der Waals surface area contributed by atoms with E-state index in [1.165, 1.54) is 0 Å². The zero-order valence-electron chi connectivity index (χ0n) is 17.3. The molecule has 0 saturated carbocycles. The van der Waals surface area contributed by atoms with Crippen LogP contribution in [0.15, 0.2) is 58.7 Å². The van der Waals surface area contributed by atoms with Gasteiger partial charge >= 0.3 is 6.03 Å². The smallest absolute Gasteiger partial charge is 0.355 e. The second-order valence-electron chi connectivity index (χ2n) is 6.83. The summed E-state index contributed by atoms with van der Waals surface area (Å²) in [4.78, 5) is 16.0. The van der Waals surface area contributed by atoms with E-state index >= 15 is 0 Å². The molecule has 2 rings (SSSR count). The van der Waals surface area contributed by atoms with E-state index in [9.17, 15) is 4.79 Å². The fraction of sp³-hybridized carbons (Fsp3) is 0.286. The maximum atomic E-state index is 12.0. The van der Waals surface area contributed by atoms with Gasteiger partial charge in [0, 0.05) is 39.6 Å². The van der Waals surface area contributed by atoms with Crippen LogP contribution in [-0.2, 0) is 0 Å². The van der Waals surface area contributed by atoms with Crippen molar-refractivity contribution in [1.29, 1.82) is 0 Å². The lowest BCUT2D eigenvalue weighted by molar-refractivity contribution is 0.242. The predicted octanol–water partition coefficient (Wildman–Crippen LogP) is 3.27. The van der Waals surface area contributed by atoms with E-state index in [0.717, 1.165) is 22.5 Å². The number of benzene rings is 2. The highest BCUT2D eigenvalue weighted by Crippen LogP contribution is 2.13. The first-order valence-electron chi connectivity index (χ1n) is 8.98. The van der Waals surface area contributed by atoms with Gasteiger partial charge in [-0.1, -0.05) is 24.3 Å². The number of hydrogen-bond acceptors (Lipinski definition) is 5. The number of hydrazone groups is 2. The fourth-order valence-electron chi connectivity index (χ4n) is 2.42. The number of carbonyl (C=O) groups excluding carboxylic acids is 1. The minimum absolute atomic E-state index is 0.492. The average molecular weight is 380 g/mol. The highest BCUT2D eigenvalue weighted by Gasteiger charge is 2.03. The van der Waals surface area contributed by atoms with E-state index in [0.29, 0.717) is 11.4 Å². The number of hydrogen-bond donors (Lipinski definition) is 2. The van der Waals surface area contributed by atoms with Crippen LogP contribution < -0.4 is 20.7 Å². The second-order valence-corrected chi connectivity index (χ2v) is 6.83. The van der Waals surface area contributed by atoms with Gasteiger partial charge in [-0.2, -0.15) is 10.2 Å². The number of urea groups is 1. The summed E-state index contributed by atoms with van der Waals surface area (Å²) in [6.07, 6.45) is 0. The molecule has 0 aliphatic heterocycles. The molecule has 28 heavy (non-hydrogen) atoms. The van der Waals surface area contributed by atoms with Gasteiger partial charge < -0.3 is 9.80 Å². The zero-order valence-corrected chi connectivity index (χ0v) is 17.3. The standard InChI is InChI=1S/C21H28N6O/c1-15(17-7-11-19(12-8-17)26(3)4)22-24-21(28)25-23-16(2)18-9-13-20(14-10-18)27(5)6/h7-14H,1-6H3,(H2,24,25,28)/b22-15+,23-16+. The van der Waals surface area contributed by atoms with Crippen LogP contribution in [0.4, 0.5) is 16.2 Å². The van der Waals surface area contributed by atoms with E-state index in [1.54, 1.807) is 0 Å². The largest absolute Gasteiger partial charge is 0.378 e. The molecule has 0 unspecified atom stereocenters. The van der Waals surface area contributed by atoms with E-state index in [-0.39, 0.29) is 0 Å². The number of amides is 2. The molecule has 2 amide bonds.